The van der Waals surface area contributed by atoms with Gasteiger partial charge in [0.25, 0.3) is 0 Å². The quantitative estimate of drug-likeness (QED) is 0.0429. The Morgan fingerprint density at radius 3 is 0.625 bits per heavy atom. The monoisotopic (exact) mass is 2820 g/mol. The molecule has 0 aliphatic heterocycles. The third-order valence-electron chi connectivity index (χ3n) is 14.0. The Balaban J connectivity index is 0. The molecule has 19 nitrogen and oxygen atoms in total. The van der Waals surface area contributed by atoms with Gasteiger partial charge in [0, 0.05) is 252 Å². The molecule has 0 fully saturated rings. The summed E-state index contributed by atoms with van der Waals surface area (Å²) in [6, 6.07) is 63.0. The molecule has 8 aromatic heterocycles. The Bertz CT molecular complexity index is 5470. The topological polar surface area (TPSA) is 265 Å². The number of allylic oxidation sites excluding steroid dienone is 4. The molecule has 6 radical (unpaired) electrons. The van der Waals surface area contributed by atoms with Crippen LogP contribution in [0.25, 0.3) is 82.1 Å². The molecule has 0 saturated heterocycles. The van der Waals surface area contributed by atoms with Gasteiger partial charge in [-0.25, -0.2) is 19.6 Å². The van der Waals surface area contributed by atoms with Gasteiger partial charge >= 0.3 is 11.9 Å². The third kappa shape index (κ3) is 40.8. The van der Waals surface area contributed by atoms with Crippen LogP contribution in [0.2, 0.25) is 0 Å². The number of carboxylic acids is 2. The molecule has 14 aromatic rings. The van der Waals surface area contributed by atoms with Crippen LogP contribution < -0.4 is 0 Å². The number of aliphatic hydroxyl groups excluding tert-OH is 2. The van der Waals surface area contributed by atoms with Gasteiger partial charge in [0.15, 0.2) is 28.6 Å². The van der Waals surface area contributed by atoms with E-state index in [0.717, 1.165) is 54.6 Å². The Labute approximate surface area is 807 Å². The predicted molar refractivity (Wildman–Crippen MR) is 426 cm³/mol. The molecule has 8 heterocycles. The number of carbonyl (C=O) groups excluding carboxylic acids is 2. The Hall–Kier alpha value is -12.6. The predicted octanol–water partition coefficient (Wildman–Crippen LogP) is 22.2. The number of halogens is 12. The van der Waals surface area contributed by atoms with Crippen molar-refractivity contribution in [3.63, 3.8) is 0 Å². The molecule has 0 saturated carbocycles. The maximum Gasteiger partial charge on any atom is 0.354 e. The first-order chi connectivity index (χ1) is 58.4. The number of ketones is 2. The van der Waals surface area contributed by atoms with Crippen molar-refractivity contribution in [3.8, 4) is 67.5 Å². The van der Waals surface area contributed by atoms with Gasteiger partial charge in [0.2, 0.25) is 0 Å². The third-order valence-corrected chi connectivity index (χ3v) is 14.0. The fourth-order valence-electron chi connectivity index (χ4n) is 8.89. The molecule has 0 spiro atoms. The molecular formula is C91H59F12Ir6N11O8-6. The average Bonchev–Trinajstić information content (AvgIpc) is 0.791. The van der Waals surface area contributed by atoms with Crippen LogP contribution in [0.3, 0.4) is 0 Å². The molecular weight excluding hydrogens is 2760 g/mol. The van der Waals surface area contributed by atoms with E-state index < -0.39 is 98.8 Å². The zero-order valence-corrected chi connectivity index (χ0v) is 80.1. The minimum absolute atomic E-state index is 0. The number of hydrogen-bond donors (Lipinski definition) is 4. The molecule has 4 N–H and O–H groups in total. The Morgan fingerprint density at radius 2 is 0.484 bits per heavy atom. The molecule has 128 heavy (non-hydrogen) atoms. The van der Waals surface area contributed by atoms with Gasteiger partial charge < -0.3 is 50.3 Å². The van der Waals surface area contributed by atoms with E-state index in [4.69, 9.17) is 40.1 Å². The van der Waals surface area contributed by atoms with Crippen molar-refractivity contribution in [2.45, 2.75) is 27.7 Å². The van der Waals surface area contributed by atoms with Gasteiger partial charge in [0.05, 0.1) is 31.2 Å². The van der Waals surface area contributed by atoms with E-state index in [0.29, 0.717) is 34.2 Å². The van der Waals surface area contributed by atoms with Crippen molar-refractivity contribution in [1.29, 1.82) is 0 Å². The zero-order chi connectivity index (χ0) is 89.6. The summed E-state index contributed by atoms with van der Waals surface area (Å²) in [4.78, 5) is 79.5. The van der Waals surface area contributed by atoms with Crippen LogP contribution >= 0.6 is 0 Å². The Kier molecular flexibility index (Phi) is 58.1. The van der Waals surface area contributed by atoms with Gasteiger partial charge in [-0.1, -0.05) is 120 Å². The first-order valence-electron chi connectivity index (χ1n) is 34.3. The number of carboxylic acid groups (broad SMARTS) is 2. The molecule has 14 rings (SSSR count). The van der Waals surface area contributed by atoms with Crippen molar-refractivity contribution in [2.24, 2.45) is 0 Å². The van der Waals surface area contributed by atoms with Crippen molar-refractivity contribution in [1.82, 2.24) is 39.9 Å². The number of rotatable bonds is 10. The minimum Gasteiger partial charge on any atom is -0.512 e. The summed E-state index contributed by atoms with van der Waals surface area (Å²) in [5.41, 5.74) is 1.19. The van der Waals surface area contributed by atoms with Crippen LogP contribution in [0.5, 0.6) is 0 Å². The van der Waals surface area contributed by atoms with Gasteiger partial charge in [0.1, 0.15) is 11.4 Å². The summed E-state index contributed by atoms with van der Waals surface area (Å²) in [7, 11) is 0. The molecule has 0 aliphatic rings. The van der Waals surface area contributed by atoms with Crippen LogP contribution in [-0.4, -0.2) is 83.8 Å². The smallest absolute Gasteiger partial charge is 0.354 e. The summed E-state index contributed by atoms with van der Waals surface area (Å²) in [5, 5.41) is 33.4. The standard InChI is InChI=1S/3C12H5F2N2.3C11H6F2N.2C6H5NO2.2C5H8O2.6Ir/c3*1-15-12-9(13)6-5-8(11(12)14)10-4-2-3-7-16-10;3*12-8-4-5-9(10(13)7-8)11-3-1-2-6-14-11;2*8-6(9)5-3-1-2-4-7-5;2*1-4(6)3-5(2)7;;;;;;/h3*2-4,6-7H;3*1-4,6-7H;2*1-4H,(H,8,9);2*3,6H,1-2H3;;;;;;/q6*-1;;;;;;;;;;. The Morgan fingerprint density at radius 1 is 0.289 bits per heavy atom. The van der Waals surface area contributed by atoms with E-state index in [1.54, 1.807) is 152 Å². The number of hydrogen-bond acceptors (Lipinski definition) is 14. The minimum atomic E-state index is -0.990. The first-order valence-corrected chi connectivity index (χ1v) is 34.3. The number of aliphatic hydroxyl groups is 2. The summed E-state index contributed by atoms with van der Waals surface area (Å²) in [6.45, 7) is 25.8. The fourth-order valence-corrected chi connectivity index (χ4v) is 8.89. The number of benzene rings is 6. The summed E-state index contributed by atoms with van der Waals surface area (Å²) in [6.07, 6.45) is 14.3. The van der Waals surface area contributed by atoms with E-state index in [9.17, 15) is 71.9 Å². The number of carbonyl (C=O) groups is 4. The maximum atomic E-state index is 13.7. The van der Waals surface area contributed by atoms with Crippen molar-refractivity contribution >= 4 is 40.6 Å². The van der Waals surface area contributed by atoms with E-state index >= 15 is 0 Å². The second-order valence-corrected chi connectivity index (χ2v) is 23.1. The molecule has 0 bridgehead atoms. The summed E-state index contributed by atoms with van der Waals surface area (Å²) < 4.78 is 158. The molecule has 0 unspecified atom stereocenters. The molecule has 37 heteroatoms. The van der Waals surface area contributed by atoms with Gasteiger partial charge in [-0.2, -0.15) is 0 Å². The number of pyridine rings is 8. The normalized spacial score (nSPS) is 9.51. The largest absolute Gasteiger partial charge is 0.512 e. The van der Waals surface area contributed by atoms with E-state index in [1.807, 2.05) is 0 Å². The van der Waals surface area contributed by atoms with Crippen molar-refractivity contribution in [3.05, 3.63) is 425 Å². The van der Waals surface area contributed by atoms with Crippen molar-refractivity contribution < 1.29 is 213 Å². The van der Waals surface area contributed by atoms with Gasteiger partial charge in [-0.05, 0) is 123 Å². The van der Waals surface area contributed by atoms with Gasteiger partial charge in [-0.3, -0.25) is 76.8 Å². The van der Waals surface area contributed by atoms with E-state index in [1.165, 1.54) is 83.0 Å². The van der Waals surface area contributed by atoms with E-state index in [-0.39, 0.29) is 188 Å². The molecule has 0 atom stereocenters. The van der Waals surface area contributed by atoms with Gasteiger partial charge in [-0.15, -0.1) is 89.5 Å². The summed E-state index contributed by atoms with van der Waals surface area (Å²) >= 11 is 0. The maximum absolute atomic E-state index is 13.7. The van der Waals surface area contributed by atoms with E-state index in [2.05, 4.69) is 90.8 Å². The fraction of sp³-hybridized carbons (Fsp3) is 0.0440. The van der Waals surface area contributed by atoms with Crippen LogP contribution in [0.15, 0.2) is 273 Å². The second-order valence-electron chi connectivity index (χ2n) is 23.1. The molecule has 0 amide bonds. The summed E-state index contributed by atoms with van der Waals surface area (Å²) in [5.74, 6) is -11.5. The number of aromatic nitrogens is 8. The van der Waals surface area contributed by atoms with Crippen LogP contribution in [0.4, 0.5) is 69.7 Å². The second kappa shape index (κ2) is 63.3. The first kappa shape index (κ1) is 117. The molecule has 670 valence electrons. The average molecular weight is 2820 g/mol. The zero-order valence-electron chi connectivity index (χ0n) is 65.7. The SMILES string of the molecule is CC(=O)C=C(C)O.CC(=O)C=C(C)O.Fc1c[c-]c(-c2ccccn2)c(F)c1.Fc1c[c-]c(-c2ccccn2)c(F)c1.Fc1c[c-]c(-c2ccccn2)c(F)c1.O=C(O)c1ccccn1.O=C(O)c1ccccn1.[C-]#[N+]c1c(F)c[c-]c(-c2ccccn2)c1F.[C-]#[N+]c1c(F)c[c-]c(-c2ccccn2)c1F.[C-]#[N+]c1c(F)c[c-]c(-c2ccccn2)c1F.[Ir].[Ir].[Ir].[Ir].[Ir].[Ir]. The van der Waals surface area contributed by atoms with Crippen LogP contribution in [0.1, 0.15) is 48.7 Å². The number of aromatic carboxylic acids is 2. The van der Waals surface area contributed by atoms with Crippen LogP contribution in [-0.2, 0) is 130 Å². The number of nitrogens with zero attached hydrogens (tertiary/aromatic N) is 11. The van der Waals surface area contributed by atoms with Crippen LogP contribution in [0, 0.1) is 126 Å². The molecule has 6 aromatic carbocycles. The van der Waals surface area contributed by atoms with Crippen molar-refractivity contribution in [2.75, 3.05) is 0 Å². The molecule has 0 aliphatic carbocycles.